The Morgan fingerprint density at radius 1 is 1.35 bits per heavy atom. The minimum absolute atomic E-state index is 0.0714. The fraction of sp³-hybridized carbons (Fsp3) is 0.533. The lowest BCUT2D eigenvalue weighted by Crippen LogP contribution is -2.88. The molecule has 0 bridgehead atoms. The van der Waals surface area contributed by atoms with Crippen LogP contribution in [-0.4, -0.2) is 18.6 Å². The topological polar surface area (TPSA) is 68.9 Å². The summed E-state index contributed by atoms with van der Waals surface area (Å²) in [6, 6.07) is 6.57. The Kier molecular flexibility index (Phi) is 5.86. The van der Waals surface area contributed by atoms with Crippen LogP contribution >= 0.6 is 15.9 Å². The number of primary amides is 1. The van der Waals surface area contributed by atoms with Crippen molar-refractivity contribution in [2.45, 2.75) is 44.7 Å². The molecule has 0 saturated heterocycles. The molecule has 0 unspecified atom stereocenters. The minimum atomic E-state index is -0.449. The lowest BCUT2D eigenvalue weighted by Gasteiger charge is -2.20. The molecule has 5 heteroatoms. The number of benzene rings is 1. The summed E-state index contributed by atoms with van der Waals surface area (Å²) >= 11 is 3.48. The lowest BCUT2D eigenvalue weighted by atomic mass is 9.95. The van der Waals surface area contributed by atoms with Gasteiger partial charge < -0.3 is 15.8 Å². The van der Waals surface area contributed by atoms with Crippen LogP contribution in [0.25, 0.3) is 0 Å². The maximum Gasteiger partial charge on any atom is 0.255 e. The third-order valence-corrected chi connectivity index (χ3v) is 4.21. The van der Waals surface area contributed by atoms with Gasteiger partial charge >= 0.3 is 0 Å². The van der Waals surface area contributed by atoms with E-state index >= 15 is 0 Å². The van der Waals surface area contributed by atoms with Gasteiger partial charge in [-0.2, -0.15) is 0 Å². The largest absolute Gasteiger partial charge is 0.483 e. The second-order valence-corrected chi connectivity index (χ2v) is 6.26. The molecule has 1 fully saturated rings. The maximum atomic E-state index is 10.8. The molecule has 2 rings (SSSR count). The highest BCUT2D eigenvalue weighted by molar-refractivity contribution is 9.10. The van der Waals surface area contributed by atoms with Crippen LogP contribution in [0, 0.1) is 0 Å². The summed E-state index contributed by atoms with van der Waals surface area (Å²) < 4.78 is 6.50. The first kappa shape index (κ1) is 15.3. The maximum absolute atomic E-state index is 10.8. The van der Waals surface area contributed by atoms with Crippen molar-refractivity contribution in [3.05, 3.63) is 28.2 Å². The predicted octanol–water partition coefficient (Wildman–Crippen LogP) is 1.71. The van der Waals surface area contributed by atoms with E-state index < -0.39 is 5.91 Å². The number of halogens is 1. The van der Waals surface area contributed by atoms with Crippen LogP contribution in [-0.2, 0) is 11.3 Å². The van der Waals surface area contributed by atoms with Crippen LogP contribution in [0.15, 0.2) is 22.7 Å². The highest BCUT2D eigenvalue weighted by Gasteiger charge is 2.17. The number of carbonyl (C=O) groups is 1. The predicted molar refractivity (Wildman–Crippen MR) is 81.3 cm³/mol. The van der Waals surface area contributed by atoms with E-state index in [-0.39, 0.29) is 6.61 Å². The highest BCUT2D eigenvalue weighted by Crippen LogP contribution is 2.23. The van der Waals surface area contributed by atoms with E-state index in [9.17, 15) is 4.79 Å². The van der Waals surface area contributed by atoms with Gasteiger partial charge in [0.25, 0.3) is 5.91 Å². The van der Waals surface area contributed by atoms with Crippen molar-refractivity contribution < 1.29 is 14.8 Å². The third kappa shape index (κ3) is 4.80. The third-order valence-electron chi connectivity index (χ3n) is 3.71. The standard InChI is InChI=1S/C15H21BrN2O2/c16-12-6-7-14(20-10-15(17)19)11(8-12)9-18-13-4-2-1-3-5-13/h6-8,13,18H,1-5,9-10H2,(H2,17,19)/p+1. The Balaban J connectivity index is 1.96. The van der Waals surface area contributed by atoms with E-state index in [1.54, 1.807) is 0 Å². The summed E-state index contributed by atoms with van der Waals surface area (Å²) in [5, 5.41) is 2.39. The molecule has 0 spiro atoms. The normalized spacial score (nSPS) is 16.1. The van der Waals surface area contributed by atoms with Gasteiger partial charge in [0.2, 0.25) is 0 Å². The molecule has 0 aliphatic heterocycles. The molecule has 0 atom stereocenters. The van der Waals surface area contributed by atoms with Gasteiger partial charge in [0.1, 0.15) is 12.3 Å². The van der Waals surface area contributed by atoms with Crippen molar-refractivity contribution >= 4 is 21.8 Å². The van der Waals surface area contributed by atoms with E-state index in [2.05, 4.69) is 27.3 Å². The molecular weight excluding hydrogens is 320 g/mol. The van der Waals surface area contributed by atoms with Gasteiger partial charge in [-0.05, 0) is 43.9 Å². The van der Waals surface area contributed by atoms with Crippen molar-refractivity contribution in [3.8, 4) is 5.75 Å². The van der Waals surface area contributed by atoms with E-state index in [0.29, 0.717) is 6.04 Å². The van der Waals surface area contributed by atoms with Gasteiger partial charge in [0.05, 0.1) is 6.04 Å². The van der Waals surface area contributed by atoms with Crippen molar-refractivity contribution in [2.75, 3.05) is 6.61 Å². The molecule has 1 amide bonds. The molecule has 4 N–H and O–H groups in total. The van der Waals surface area contributed by atoms with Crippen LogP contribution < -0.4 is 15.8 Å². The first-order valence-corrected chi connectivity index (χ1v) is 7.97. The molecule has 0 heterocycles. The van der Waals surface area contributed by atoms with E-state index in [4.69, 9.17) is 10.5 Å². The monoisotopic (exact) mass is 341 g/mol. The molecular formula is C15H22BrN2O2+. The van der Waals surface area contributed by atoms with Gasteiger partial charge in [0, 0.05) is 10.0 Å². The number of rotatable bonds is 6. The van der Waals surface area contributed by atoms with E-state index in [1.165, 1.54) is 32.1 Å². The molecule has 0 radical (unpaired) electrons. The molecule has 110 valence electrons. The molecule has 1 saturated carbocycles. The minimum Gasteiger partial charge on any atom is -0.483 e. The Hall–Kier alpha value is -1.07. The van der Waals surface area contributed by atoms with Crippen LogP contribution in [0.3, 0.4) is 0 Å². The summed E-state index contributed by atoms with van der Waals surface area (Å²) in [5.41, 5.74) is 6.23. The first-order valence-electron chi connectivity index (χ1n) is 7.18. The molecule has 20 heavy (non-hydrogen) atoms. The fourth-order valence-corrected chi connectivity index (χ4v) is 3.07. The number of ether oxygens (including phenoxy) is 1. The zero-order valence-corrected chi connectivity index (χ0v) is 13.2. The van der Waals surface area contributed by atoms with Gasteiger partial charge in [-0.15, -0.1) is 0 Å². The molecule has 1 aliphatic rings. The molecule has 1 aromatic carbocycles. The number of nitrogens with two attached hydrogens (primary N) is 2. The first-order chi connectivity index (χ1) is 9.65. The number of quaternary nitrogens is 1. The molecule has 4 nitrogen and oxygen atoms in total. The quantitative estimate of drug-likeness (QED) is 0.826. The smallest absolute Gasteiger partial charge is 0.255 e. The Bertz CT molecular complexity index is 459. The SMILES string of the molecule is NC(=O)COc1ccc(Br)cc1C[NH2+]C1CCCCC1. The summed E-state index contributed by atoms with van der Waals surface area (Å²) in [4.78, 5) is 10.8. The van der Waals surface area contributed by atoms with Crippen molar-refractivity contribution in [3.63, 3.8) is 0 Å². The molecule has 1 aromatic rings. The Morgan fingerprint density at radius 3 is 2.80 bits per heavy atom. The molecule has 0 aromatic heterocycles. The van der Waals surface area contributed by atoms with Gasteiger partial charge in [-0.3, -0.25) is 4.79 Å². The zero-order chi connectivity index (χ0) is 14.4. The second-order valence-electron chi connectivity index (χ2n) is 5.34. The zero-order valence-electron chi connectivity index (χ0n) is 11.6. The molecule has 1 aliphatic carbocycles. The number of hydrogen-bond acceptors (Lipinski definition) is 2. The van der Waals surface area contributed by atoms with Gasteiger partial charge in [-0.25, -0.2) is 0 Å². The summed E-state index contributed by atoms with van der Waals surface area (Å²) in [6.45, 7) is 0.802. The van der Waals surface area contributed by atoms with Crippen LogP contribution in [0.1, 0.15) is 37.7 Å². The van der Waals surface area contributed by atoms with E-state index in [1.807, 2.05) is 12.1 Å². The highest BCUT2D eigenvalue weighted by atomic mass is 79.9. The van der Waals surface area contributed by atoms with Crippen molar-refractivity contribution in [1.82, 2.24) is 0 Å². The summed E-state index contributed by atoms with van der Waals surface area (Å²) in [6.07, 6.45) is 6.64. The van der Waals surface area contributed by atoms with Gasteiger partial charge in [-0.1, -0.05) is 22.4 Å². The average Bonchev–Trinajstić information content (AvgIpc) is 2.45. The van der Waals surface area contributed by atoms with Crippen LogP contribution in [0.2, 0.25) is 0 Å². The summed E-state index contributed by atoms with van der Waals surface area (Å²) in [7, 11) is 0. The van der Waals surface area contributed by atoms with E-state index in [0.717, 1.165) is 22.3 Å². The van der Waals surface area contributed by atoms with Gasteiger partial charge in [0.15, 0.2) is 6.61 Å². The summed E-state index contributed by atoms with van der Waals surface area (Å²) in [5.74, 6) is 0.300. The number of hydrogen-bond donors (Lipinski definition) is 2. The van der Waals surface area contributed by atoms with Crippen molar-refractivity contribution in [1.29, 1.82) is 0 Å². The number of carbonyl (C=O) groups excluding carboxylic acids is 1. The Morgan fingerprint density at radius 2 is 2.10 bits per heavy atom. The fourth-order valence-electron chi connectivity index (χ4n) is 2.66. The average molecular weight is 342 g/mol. The second kappa shape index (κ2) is 7.64. The van der Waals surface area contributed by atoms with Crippen molar-refractivity contribution in [2.24, 2.45) is 5.73 Å². The van der Waals surface area contributed by atoms with Crippen LogP contribution in [0.4, 0.5) is 0 Å². The lowest BCUT2D eigenvalue weighted by molar-refractivity contribution is -0.706. The Labute approximate surface area is 128 Å². The van der Waals surface area contributed by atoms with Crippen LogP contribution in [0.5, 0.6) is 5.75 Å². The number of amides is 1.